The van der Waals surface area contributed by atoms with E-state index >= 15 is 8.78 Å². The first kappa shape index (κ1) is 37.5. The minimum Gasteiger partial charge on any atom is -0.396 e. The number of nitrogens with one attached hydrogen (secondary N) is 3. The van der Waals surface area contributed by atoms with E-state index in [0.29, 0.717) is 33.6 Å². The number of nitrogens with two attached hydrogens (primary N) is 1. The molecule has 0 bridgehead atoms. The van der Waals surface area contributed by atoms with Crippen molar-refractivity contribution in [1.82, 2.24) is 34.5 Å². The Labute approximate surface area is 343 Å². The number of halogens is 4. The minimum atomic E-state index is -4.24. The molecular formula is C40H27Cl2F2N12O2S+. The molecule has 0 saturated carbocycles. The van der Waals surface area contributed by atoms with Crippen LogP contribution in [0.4, 0.5) is 43.2 Å². The number of nitrogen functional groups attached to an aromatic ring is 1. The van der Waals surface area contributed by atoms with Crippen molar-refractivity contribution < 1.29 is 21.8 Å². The zero-order valence-electron chi connectivity index (χ0n) is 30.4. The SMILES string of the molecule is Cc1c(Cl)cccc1S(=O)(=O)Nc1cccc(Nc2nc[n+](-c3cc(N)c(F)c(Nc4ncnc5ccc(Cl)nc45)c3)c3ccc(-n4cnc5ccccc54)nc23)c1F. The van der Waals surface area contributed by atoms with Crippen LogP contribution in [0.3, 0.4) is 0 Å². The van der Waals surface area contributed by atoms with Crippen LogP contribution in [-0.4, -0.2) is 42.9 Å². The van der Waals surface area contributed by atoms with Crippen LogP contribution in [0.1, 0.15) is 5.56 Å². The van der Waals surface area contributed by atoms with Gasteiger partial charge in [-0.3, -0.25) is 9.29 Å². The molecule has 9 rings (SSSR count). The first-order valence-corrected chi connectivity index (χ1v) is 19.8. The van der Waals surface area contributed by atoms with Gasteiger partial charge in [-0.15, -0.1) is 0 Å². The molecule has 0 radical (unpaired) electrons. The number of imidazole rings is 1. The number of anilines is 6. The van der Waals surface area contributed by atoms with Gasteiger partial charge in [0.15, 0.2) is 28.5 Å². The summed E-state index contributed by atoms with van der Waals surface area (Å²) in [7, 11) is -4.24. The fourth-order valence-corrected chi connectivity index (χ4v) is 8.24. The van der Waals surface area contributed by atoms with E-state index in [1.807, 2.05) is 24.3 Å². The molecule has 0 fully saturated rings. The van der Waals surface area contributed by atoms with Crippen LogP contribution >= 0.6 is 23.2 Å². The Balaban J connectivity index is 1.15. The van der Waals surface area contributed by atoms with Crippen LogP contribution in [0.25, 0.3) is 44.6 Å². The van der Waals surface area contributed by atoms with E-state index in [4.69, 9.17) is 33.9 Å². The molecule has 5 N–H and O–H groups in total. The summed E-state index contributed by atoms with van der Waals surface area (Å²) in [4.78, 5) is 26.8. The summed E-state index contributed by atoms with van der Waals surface area (Å²) in [6.45, 7) is 1.56. The number of para-hydroxylation sites is 2. The van der Waals surface area contributed by atoms with Gasteiger partial charge in [0, 0.05) is 17.2 Å². The maximum Gasteiger partial charge on any atom is 0.294 e. The van der Waals surface area contributed by atoms with Crippen LogP contribution in [-0.2, 0) is 10.0 Å². The number of nitrogens with zero attached hydrogens (tertiary/aromatic N) is 8. The number of benzene rings is 4. The lowest BCUT2D eigenvalue weighted by Crippen LogP contribution is -2.33. The van der Waals surface area contributed by atoms with Crippen molar-refractivity contribution in [3.05, 3.63) is 143 Å². The highest BCUT2D eigenvalue weighted by molar-refractivity contribution is 7.92. The second kappa shape index (κ2) is 14.7. The predicted molar refractivity (Wildman–Crippen MR) is 222 cm³/mol. The fourth-order valence-electron chi connectivity index (χ4n) is 6.53. The zero-order valence-corrected chi connectivity index (χ0v) is 32.7. The van der Waals surface area contributed by atoms with Gasteiger partial charge in [-0.1, -0.05) is 47.5 Å². The first-order valence-electron chi connectivity index (χ1n) is 17.6. The summed E-state index contributed by atoms with van der Waals surface area (Å²) in [5.74, 6) is -0.906. The lowest BCUT2D eigenvalue weighted by Gasteiger charge is -2.14. The number of aromatic nitrogens is 8. The molecule has 9 aromatic rings. The molecule has 0 atom stereocenters. The van der Waals surface area contributed by atoms with E-state index in [0.717, 1.165) is 11.0 Å². The number of hydrogen-bond acceptors (Lipinski definition) is 11. The average molecular weight is 849 g/mol. The Morgan fingerprint density at radius 3 is 2.39 bits per heavy atom. The highest BCUT2D eigenvalue weighted by Crippen LogP contribution is 2.33. The topological polar surface area (TPSA) is 182 Å². The molecule has 59 heavy (non-hydrogen) atoms. The highest BCUT2D eigenvalue weighted by atomic mass is 35.5. The second-order valence-corrected chi connectivity index (χ2v) is 15.6. The van der Waals surface area contributed by atoms with Gasteiger partial charge < -0.3 is 16.4 Å². The van der Waals surface area contributed by atoms with E-state index in [9.17, 15) is 8.42 Å². The average Bonchev–Trinajstić information content (AvgIpc) is 3.66. The third-order valence-corrected chi connectivity index (χ3v) is 11.5. The molecule has 0 amide bonds. The largest absolute Gasteiger partial charge is 0.396 e. The number of hydrogen-bond donors (Lipinski definition) is 4. The van der Waals surface area contributed by atoms with E-state index in [1.165, 1.54) is 55.1 Å². The predicted octanol–water partition coefficient (Wildman–Crippen LogP) is 8.35. The monoisotopic (exact) mass is 847 g/mol. The van der Waals surface area contributed by atoms with Gasteiger partial charge >= 0.3 is 0 Å². The summed E-state index contributed by atoms with van der Waals surface area (Å²) in [5, 5.41) is 6.43. The van der Waals surface area contributed by atoms with Crippen molar-refractivity contribution in [3.8, 4) is 11.5 Å². The van der Waals surface area contributed by atoms with Gasteiger partial charge in [0.1, 0.15) is 34.8 Å². The van der Waals surface area contributed by atoms with Crippen LogP contribution < -0.4 is 25.7 Å². The van der Waals surface area contributed by atoms with Crippen molar-refractivity contribution in [2.45, 2.75) is 11.8 Å². The van der Waals surface area contributed by atoms with Crippen molar-refractivity contribution in [2.24, 2.45) is 0 Å². The van der Waals surface area contributed by atoms with Crippen molar-refractivity contribution >= 4 is 101 Å². The van der Waals surface area contributed by atoms with Gasteiger partial charge in [0.2, 0.25) is 0 Å². The number of fused-ring (bicyclic) bond motifs is 3. The van der Waals surface area contributed by atoms with E-state index < -0.39 is 21.7 Å². The third kappa shape index (κ3) is 6.90. The Morgan fingerprint density at radius 2 is 1.53 bits per heavy atom. The molecule has 19 heteroatoms. The zero-order chi connectivity index (χ0) is 41.0. The Hall–Kier alpha value is -7.08. The normalized spacial score (nSPS) is 11.7. The highest BCUT2D eigenvalue weighted by Gasteiger charge is 2.25. The van der Waals surface area contributed by atoms with Gasteiger partial charge in [-0.05, 0) is 78.1 Å². The summed E-state index contributed by atoms with van der Waals surface area (Å²) in [6.07, 6.45) is 4.37. The van der Waals surface area contributed by atoms with Crippen molar-refractivity contribution in [2.75, 3.05) is 21.1 Å². The fraction of sp³-hybridized carbons (Fsp3) is 0.0250. The molecule has 4 aromatic carbocycles. The number of pyridine rings is 2. The summed E-state index contributed by atoms with van der Waals surface area (Å²) >= 11 is 12.3. The maximum atomic E-state index is 16.3. The Kier molecular flexibility index (Phi) is 9.34. The molecule has 0 spiro atoms. The number of sulfonamides is 1. The van der Waals surface area contributed by atoms with Crippen LogP contribution in [0.5, 0.6) is 0 Å². The van der Waals surface area contributed by atoms with Gasteiger partial charge in [0.25, 0.3) is 22.2 Å². The van der Waals surface area contributed by atoms with Crippen molar-refractivity contribution in [3.63, 3.8) is 0 Å². The molecule has 0 aliphatic heterocycles. The van der Waals surface area contributed by atoms with E-state index in [2.05, 4.69) is 40.3 Å². The summed E-state index contributed by atoms with van der Waals surface area (Å²) in [5.41, 5.74) is 9.27. The van der Waals surface area contributed by atoms with Crippen molar-refractivity contribution in [1.29, 1.82) is 0 Å². The van der Waals surface area contributed by atoms with Crippen LogP contribution in [0.15, 0.2) is 121 Å². The molecule has 5 aromatic heterocycles. The summed E-state index contributed by atoms with van der Waals surface area (Å²) < 4.78 is 64.5. The Bertz CT molecular complexity index is 3280. The van der Waals surface area contributed by atoms with Crippen LogP contribution in [0.2, 0.25) is 10.2 Å². The first-order chi connectivity index (χ1) is 28.4. The molecule has 5 heterocycles. The molecule has 0 aliphatic carbocycles. The van der Waals surface area contributed by atoms with Gasteiger partial charge in [0.05, 0.1) is 44.2 Å². The molecular weight excluding hydrogens is 821 g/mol. The molecule has 0 saturated heterocycles. The second-order valence-electron chi connectivity index (χ2n) is 13.1. The minimum absolute atomic E-state index is 0.0339. The molecule has 292 valence electrons. The standard InChI is InChI=1S/C40H26Cl2F2N12O2S/c1-21-23(41)6-4-11-32(21)59(57,58)54-27-9-5-8-26(36(27)44)50-40-38-31(13-15-34(53-38)56-19-48-25-7-2-3-10-30(25)56)55(20-49-40)22-16-24(45)35(43)29(17-22)51-39-37-28(46-18-47-39)12-14-33(42)52-37/h2-20,54H,45H2,1H3,(H,46,47,51)/p+1. The van der Waals surface area contributed by atoms with Gasteiger partial charge in [-0.25, -0.2) is 42.1 Å². The third-order valence-electron chi connectivity index (χ3n) is 9.41. The molecule has 14 nitrogen and oxygen atoms in total. The Morgan fingerprint density at radius 1 is 0.746 bits per heavy atom. The molecule has 0 aliphatic rings. The quantitative estimate of drug-likeness (QED) is 0.0623. The van der Waals surface area contributed by atoms with Gasteiger partial charge in [-0.2, -0.15) is 4.57 Å². The van der Waals surface area contributed by atoms with E-state index in [1.54, 1.807) is 52.7 Å². The van der Waals surface area contributed by atoms with E-state index in [-0.39, 0.29) is 55.0 Å². The maximum absolute atomic E-state index is 16.3. The summed E-state index contributed by atoms with van der Waals surface area (Å²) in [6, 6.07) is 25.9. The van der Waals surface area contributed by atoms with Crippen LogP contribution in [0, 0.1) is 18.6 Å². The molecule has 0 unspecified atom stereocenters. The lowest BCUT2D eigenvalue weighted by atomic mass is 10.2. The smallest absolute Gasteiger partial charge is 0.294 e. The number of rotatable bonds is 9. The lowest BCUT2D eigenvalue weighted by molar-refractivity contribution is -0.570.